The number of urea groups is 1. The Morgan fingerprint density at radius 2 is 1.90 bits per heavy atom. The molecule has 2 N–H and O–H groups in total. The van der Waals surface area contributed by atoms with Crippen LogP contribution < -0.4 is 15.4 Å². The minimum Gasteiger partial charge on any atom is -0.438 e. The monoisotopic (exact) mass is 483 g/mol. The van der Waals surface area contributed by atoms with Gasteiger partial charge in [-0.1, -0.05) is 23.7 Å². The van der Waals surface area contributed by atoms with E-state index in [4.69, 9.17) is 16.3 Å². The molecule has 0 spiro atoms. The van der Waals surface area contributed by atoms with Crippen LogP contribution in [0, 0.1) is 0 Å². The van der Waals surface area contributed by atoms with Crippen LogP contribution in [0.5, 0.6) is 11.6 Å². The van der Waals surface area contributed by atoms with Crippen molar-refractivity contribution in [3.63, 3.8) is 0 Å². The Balaban J connectivity index is 1.38. The van der Waals surface area contributed by atoms with Crippen molar-refractivity contribution < 1.29 is 9.53 Å². The van der Waals surface area contributed by atoms with Gasteiger partial charge in [0.25, 0.3) is 0 Å². The molecule has 0 aliphatic rings. The molecule has 0 aliphatic carbocycles. The number of fused-ring (bicyclic) bond motifs is 1. The average Bonchev–Trinajstić information content (AvgIpc) is 2.74. The third-order valence-corrected chi connectivity index (χ3v) is 4.76. The Labute approximate surface area is 185 Å². The summed E-state index contributed by atoms with van der Waals surface area (Å²) in [4.78, 5) is 24.7. The number of benzene rings is 2. The van der Waals surface area contributed by atoms with Crippen LogP contribution in [0.3, 0.4) is 0 Å². The van der Waals surface area contributed by atoms with Gasteiger partial charge >= 0.3 is 6.03 Å². The van der Waals surface area contributed by atoms with E-state index in [1.807, 2.05) is 18.2 Å². The number of carbonyl (C=O) groups is 1. The summed E-state index contributed by atoms with van der Waals surface area (Å²) in [6.07, 6.45) is 3.07. The highest BCUT2D eigenvalue weighted by atomic mass is 79.9. The zero-order valence-corrected chi connectivity index (χ0v) is 17.8. The maximum atomic E-state index is 12.1. The molecule has 0 atom stereocenters. The number of carbonyl (C=O) groups excluding carboxylic acids is 1. The van der Waals surface area contributed by atoms with Crippen LogP contribution in [0.2, 0.25) is 5.02 Å². The van der Waals surface area contributed by atoms with Crippen LogP contribution in [-0.4, -0.2) is 21.0 Å². The lowest BCUT2D eigenvalue weighted by atomic mass is 10.2. The summed E-state index contributed by atoms with van der Waals surface area (Å²) in [5.74, 6) is 0.966. The van der Waals surface area contributed by atoms with E-state index in [0.717, 1.165) is 10.0 Å². The Hall–Kier alpha value is -3.23. The van der Waals surface area contributed by atoms with Crippen molar-refractivity contribution in [2.75, 3.05) is 5.32 Å². The highest BCUT2D eigenvalue weighted by molar-refractivity contribution is 9.10. The number of pyridine rings is 1. The van der Waals surface area contributed by atoms with E-state index in [-0.39, 0.29) is 6.03 Å². The van der Waals surface area contributed by atoms with Crippen LogP contribution in [0.4, 0.5) is 10.5 Å². The van der Waals surface area contributed by atoms with Crippen molar-refractivity contribution in [2.24, 2.45) is 0 Å². The van der Waals surface area contributed by atoms with Crippen molar-refractivity contribution >= 4 is 50.3 Å². The lowest BCUT2D eigenvalue weighted by Gasteiger charge is -2.10. The summed E-state index contributed by atoms with van der Waals surface area (Å²) < 4.78 is 6.67. The van der Waals surface area contributed by atoms with E-state index in [9.17, 15) is 4.79 Å². The first-order valence-corrected chi connectivity index (χ1v) is 10.1. The highest BCUT2D eigenvalue weighted by Crippen LogP contribution is 2.28. The molecule has 2 heterocycles. The fourth-order valence-electron chi connectivity index (χ4n) is 2.70. The van der Waals surface area contributed by atoms with Gasteiger partial charge in [-0.15, -0.1) is 0 Å². The van der Waals surface area contributed by atoms with Crippen molar-refractivity contribution in [2.45, 2.75) is 6.54 Å². The second kappa shape index (κ2) is 9.06. The summed E-state index contributed by atoms with van der Waals surface area (Å²) in [7, 11) is 0. The van der Waals surface area contributed by atoms with Gasteiger partial charge in [-0.2, -0.15) is 0 Å². The van der Waals surface area contributed by atoms with Crippen LogP contribution in [0.1, 0.15) is 5.56 Å². The summed E-state index contributed by atoms with van der Waals surface area (Å²) in [6, 6.07) is 15.8. The Morgan fingerprint density at radius 3 is 2.70 bits per heavy atom. The molecule has 0 fully saturated rings. The summed E-state index contributed by atoms with van der Waals surface area (Å²) in [5, 5.41) is 6.88. The Bertz CT molecular complexity index is 1200. The maximum Gasteiger partial charge on any atom is 0.319 e. The molecular weight excluding hydrogens is 470 g/mol. The van der Waals surface area contributed by atoms with E-state index in [1.165, 1.54) is 6.33 Å². The molecule has 9 heteroatoms. The number of nitrogens with zero attached hydrogens (tertiary/aromatic N) is 3. The second-order valence-electron chi connectivity index (χ2n) is 6.27. The number of amides is 2. The van der Waals surface area contributed by atoms with Crippen LogP contribution in [-0.2, 0) is 6.54 Å². The standard InChI is InChI=1S/C21H15BrClN5O2/c22-14-9-18-19(24-11-14)26-12-27-20(18)30-17-6-4-16(5-7-17)28-21(29)25-10-13-2-1-3-15(23)8-13/h1-9,11-12H,10H2,(H2,25,28,29). The van der Waals surface area contributed by atoms with Gasteiger partial charge in [0.05, 0.1) is 5.39 Å². The van der Waals surface area contributed by atoms with Crippen LogP contribution in [0.15, 0.2) is 71.6 Å². The van der Waals surface area contributed by atoms with Gasteiger partial charge in [-0.25, -0.2) is 19.7 Å². The molecule has 0 saturated carbocycles. The minimum atomic E-state index is -0.318. The van der Waals surface area contributed by atoms with E-state index < -0.39 is 0 Å². The Morgan fingerprint density at radius 1 is 1.07 bits per heavy atom. The summed E-state index contributed by atoms with van der Waals surface area (Å²) in [5.41, 5.74) is 2.08. The number of aromatic nitrogens is 3. The number of ether oxygens (including phenoxy) is 1. The van der Waals surface area contributed by atoms with Gasteiger partial charge in [0.15, 0.2) is 5.65 Å². The molecule has 0 aliphatic heterocycles. The van der Waals surface area contributed by atoms with Gasteiger partial charge in [0, 0.05) is 27.9 Å². The molecule has 30 heavy (non-hydrogen) atoms. The first-order valence-electron chi connectivity index (χ1n) is 8.90. The smallest absolute Gasteiger partial charge is 0.319 e. The molecule has 4 aromatic rings. The third kappa shape index (κ3) is 5.03. The number of halogens is 2. The maximum absolute atomic E-state index is 12.1. The molecule has 2 aromatic carbocycles. The number of nitrogens with one attached hydrogen (secondary N) is 2. The molecule has 150 valence electrons. The van der Waals surface area contributed by atoms with Crippen molar-refractivity contribution in [1.29, 1.82) is 0 Å². The first-order chi connectivity index (χ1) is 14.6. The Kier molecular flexibility index (Phi) is 6.06. The number of rotatable bonds is 5. The predicted molar refractivity (Wildman–Crippen MR) is 119 cm³/mol. The molecule has 0 saturated heterocycles. The first kappa shape index (κ1) is 20.1. The molecule has 2 aromatic heterocycles. The van der Waals surface area contributed by atoms with Gasteiger partial charge in [-0.3, -0.25) is 0 Å². The fourth-order valence-corrected chi connectivity index (χ4v) is 3.25. The number of hydrogen-bond acceptors (Lipinski definition) is 5. The summed E-state index contributed by atoms with van der Waals surface area (Å²) >= 11 is 9.34. The summed E-state index contributed by atoms with van der Waals surface area (Å²) in [6.45, 7) is 0.373. The molecule has 7 nitrogen and oxygen atoms in total. The van der Waals surface area contributed by atoms with Crippen molar-refractivity contribution in [3.05, 3.63) is 82.2 Å². The van der Waals surface area contributed by atoms with Gasteiger partial charge in [0.2, 0.25) is 5.88 Å². The van der Waals surface area contributed by atoms with Gasteiger partial charge in [-0.05, 0) is 64.0 Å². The third-order valence-electron chi connectivity index (χ3n) is 4.09. The second-order valence-corrected chi connectivity index (χ2v) is 7.62. The van der Waals surface area contributed by atoms with Gasteiger partial charge < -0.3 is 15.4 Å². The van der Waals surface area contributed by atoms with Crippen LogP contribution in [0.25, 0.3) is 11.0 Å². The molecule has 0 bridgehead atoms. The highest BCUT2D eigenvalue weighted by Gasteiger charge is 2.09. The SMILES string of the molecule is O=C(NCc1cccc(Cl)c1)Nc1ccc(Oc2ncnc3ncc(Br)cc23)cc1. The topological polar surface area (TPSA) is 89.0 Å². The molecule has 4 rings (SSSR count). The van der Waals surface area contributed by atoms with E-state index in [1.54, 1.807) is 42.6 Å². The number of hydrogen-bond donors (Lipinski definition) is 2. The van der Waals surface area contributed by atoms with E-state index >= 15 is 0 Å². The fraction of sp³-hybridized carbons (Fsp3) is 0.0476. The lowest BCUT2D eigenvalue weighted by molar-refractivity contribution is 0.251. The normalized spacial score (nSPS) is 10.6. The lowest BCUT2D eigenvalue weighted by Crippen LogP contribution is -2.28. The average molecular weight is 485 g/mol. The van der Waals surface area contributed by atoms with Gasteiger partial charge in [0.1, 0.15) is 12.1 Å². The van der Waals surface area contributed by atoms with Crippen molar-refractivity contribution in [3.8, 4) is 11.6 Å². The quantitative estimate of drug-likeness (QED) is 0.387. The zero-order valence-electron chi connectivity index (χ0n) is 15.5. The molecular formula is C21H15BrClN5O2. The molecule has 0 radical (unpaired) electrons. The van der Waals surface area contributed by atoms with E-state index in [2.05, 4.69) is 41.5 Å². The minimum absolute atomic E-state index is 0.318. The largest absolute Gasteiger partial charge is 0.438 e. The predicted octanol–water partition coefficient (Wildman–Crippen LogP) is 5.55. The molecule has 2 amide bonds. The zero-order chi connectivity index (χ0) is 20.9. The van der Waals surface area contributed by atoms with Crippen LogP contribution >= 0.6 is 27.5 Å². The van der Waals surface area contributed by atoms with Crippen molar-refractivity contribution in [1.82, 2.24) is 20.3 Å². The molecule has 0 unspecified atom stereocenters. The van der Waals surface area contributed by atoms with E-state index in [0.29, 0.717) is 39.9 Å². The number of anilines is 1.